The molecule has 1 fully saturated rings. The van der Waals surface area contributed by atoms with Crippen molar-refractivity contribution in [3.8, 4) is 11.5 Å². The molecule has 0 saturated carbocycles. The SMILES string of the molecule is CCCN=C1NC(=O)C(c2ccc(OC)c(OC)c2)N1. The second kappa shape index (κ2) is 6.27. The van der Waals surface area contributed by atoms with E-state index in [1.54, 1.807) is 26.4 Å². The number of carbonyl (C=O) groups is 1. The topological polar surface area (TPSA) is 72.0 Å². The number of hydrogen-bond donors (Lipinski definition) is 2. The second-order valence-corrected chi connectivity index (χ2v) is 4.41. The molecule has 0 aliphatic carbocycles. The van der Waals surface area contributed by atoms with Crippen molar-refractivity contribution in [1.29, 1.82) is 0 Å². The first-order chi connectivity index (χ1) is 9.69. The van der Waals surface area contributed by atoms with E-state index >= 15 is 0 Å². The maximum Gasteiger partial charge on any atom is 0.253 e. The molecule has 108 valence electrons. The highest BCUT2D eigenvalue weighted by Gasteiger charge is 2.30. The van der Waals surface area contributed by atoms with Crippen LogP contribution in [0, 0.1) is 0 Å². The molecule has 2 rings (SSSR count). The molecular formula is C14H19N3O3. The molecule has 1 aromatic carbocycles. The third-order valence-corrected chi connectivity index (χ3v) is 3.02. The lowest BCUT2D eigenvalue weighted by atomic mass is 10.1. The summed E-state index contributed by atoms with van der Waals surface area (Å²) in [6.45, 7) is 2.72. The molecule has 1 heterocycles. The van der Waals surface area contributed by atoms with Crippen LogP contribution in [-0.4, -0.2) is 32.6 Å². The number of hydrogen-bond acceptors (Lipinski definition) is 4. The number of nitrogens with one attached hydrogen (secondary N) is 2. The lowest BCUT2D eigenvalue weighted by Gasteiger charge is -2.12. The third-order valence-electron chi connectivity index (χ3n) is 3.02. The lowest BCUT2D eigenvalue weighted by Crippen LogP contribution is -2.25. The van der Waals surface area contributed by atoms with E-state index in [4.69, 9.17) is 9.47 Å². The highest BCUT2D eigenvalue weighted by atomic mass is 16.5. The monoisotopic (exact) mass is 277 g/mol. The number of benzene rings is 1. The van der Waals surface area contributed by atoms with Crippen molar-refractivity contribution in [2.45, 2.75) is 19.4 Å². The molecule has 20 heavy (non-hydrogen) atoms. The smallest absolute Gasteiger partial charge is 0.253 e. The van der Waals surface area contributed by atoms with Gasteiger partial charge in [0.05, 0.1) is 14.2 Å². The zero-order chi connectivity index (χ0) is 14.5. The number of ether oxygens (including phenoxy) is 2. The summed E-state index contributed by atoms with van der Waals surface area (Å²) in [5.41, 5.74) is 0.807. The molecule has 2 N–H and O–H groups in total. The highest BCUT2D eigenvalue weighted by Crippen LogP contribution is 2.30. The van der Waals surface area contributed by atoms with Gasteiger partial charge in [0.15, 0.2) is 17.5 Å². The van der Waals surface area contributed by atoms with Crippen LogP contribution < -0.4 is 20.1 Å². The summed E-state index contributed by atoms with van der Waals surface area (Å²) in [5.74, 6) is 1.64. The maximum absolute atomic E-state index is 12.0. The van der Waals surface area contributed by atoms with Crippen molar-refractivity contribution in [3.63, 3.8) is 0 Å². The molecule has 1 saturated heterocycles. The lowest BCUT2D eigenvalue weighted by molar-refractivity contribution is -0.120. The quantitative estimate of drug-likeness (QED) is 0.849. The number of rotatable bonds is 5. The second-order valence-electron chi connectivity index (χ2n) is 4.41. The molecule has 0 bridgehead atoms. The van der Waals surface area contributed by atoms with Gasteiger partial charge < -0.3 is 14.8 Å². The summed E-state index contributed by atoms with van der Waals surface area (Å²) in [5, 5.41) is 5.80. The van der Waals surface area contributed by atoms with Crippen LogP contribution >= 0.6 is 0 Å². The number of methoxy groups -OCH3 is 2. The molecule has 6 heteroatoms. The Hall–Kier alpha value is -2.24. The summed E-state index contributed by atoms with van der Waals surface area (Å²) >= 11 is 0. The highest BCUT2D eigenvalue weighted by molar-refractivity contribution is 6.06. The normalized spacial score (nSPS) is 19.6. The first kappa shape index (κ1) is 14.2. The number of guanidine groups is 1. The zero-order valence-corrected chi connectivity index (χ0v) is 11.9. The predicted octanol–water partition coefficient (Wildman–Crippen LogP) is 1.23. The Morgan fingerprint density at radius 1 is 1.25 bits per heavy atom. The van der Waals surface area contributed by atoms with Crippen molar-refractivity contribution in [2.75, 3.05) is 20.8 Å². The van der Waals surface area contributed by atoms with Crippen LogP contribution in [0.25, 0.3) is 0 Å². The van der Waals surface area contributed by atoms with Gasteiger partial charge in [-0.1, -0.05) is 13.0 Å². The van der Waals surface area contributed by atoms with Crippen LogP contribution in [-0.2, 0) is 4.79 Å². The van der Waals surface area contributed by atoms with Crippen LogP contribution in [0.2, 0.25) is 0 Å². The van der Waals surface area contributed by atoms with Crippen LogP contribution in [0.3, 0.4) is 0 Å². The van der Waals surface area contributed by atoms with Crippen molar-refractivity contribution in [1.82, 2.24) is 10.6 Å². The molecule has 0 spiro atoms. The standard InChI is InChI=1S/C14H19N3O3/c1-4-7-15-14-16-12(13(18)17-14)9-5-6-10(19-2)11(8-9)20-3/h5-6,8,12H,4,7H2,1-3H3,(H2,15,16,17,18). The Labute approximate surface area is 118 Å². The van der Waals surface area contributed by atoms with Gasteiger partial charge in [0, 0.05) is 6.54 Å². The average Bonchev–Trinajstić information content (AvgIpc) is 2.85. The van der Waals surface area contributed by atoms with E-state index in [-0.39, 0.29) is 5.91 Å². The number of amides is 1. The summed E-state index contributed by atoms with van der Waals surface area (Å²) in [7, 11) is 3.14. The Morgan fingerprint density at radius 2 is 2.00 bits per heavy atom. The molecule has 0 aromatic heterocycles. The van der Waals surface area contributed by atoms with Crippen LogP contribution in [0.1, 0.15) is 24.9 Å². The van der Waals surface area contributed by atoms with Gasteiger partial charge in [-0.2, -0.15) is 0 Å². The largest absolute Gasteiger partial charge is 0.493 e. The fourth-order valence-corrected chi connectivity index (χ4v) is 2.00. The van der Waals surface area contributed by atoms with E-state index < -0.39 is 6.04 Å². The van der Waals surface area contributed by atoms with E-state index in [0.29, 0.717) is 24.0 Å². The van der Waals surface area contributed by atoms with Crippen LogP contribution in [0.15, 0.2) is 23.2 Å². The molecule has 0 radical (unpaired) electrons. The van der Waals surface area contributed by atoms with Gasteiger partial charge in [-0.3, -0.25) is 15.1 Å². The zero-order valence-electron chi connectivity index (χ0n) is 11.9. The first-order valence-electron chi connectivity index (χ1n) is 6.53. The van der Waals surface area contributed by atoms with Gasteiger partial charge in [-0.25, -0.2) is 0 Å². The molecule has 1 aliphatic rings. The van der Waals surface area contributed by atoms with Crippen molar-refractivity contribution >= 4 is 11.9 Å². The average molecular weight is 277 g/mol. The van der Waals surface area contributed by atoms with Gasteiger partial charge in [0.2, 0.25) is 0 Å². The fraction of sp³-hybridized carbons (Fsp3) is 0.429. The van der Waals surface area contributed by atoms with E-state index in [0.717, 1.165) is 12.0 Å². The number of nitrogens with zero attached hydrogens (tertiary/aromatic N) is 1. The van der Waals surface area contributed by atoms with E-state index in [1.165, 1.54) is 0 Å². The molecule has 1 aliphatic heterocycles. The first-order valence-corrected chi connectivity index (χ1v) is 6.53. The third kappa shape index (κ3) is 2.84. The molecule has 1 amide bonds. The Balaban J connectivity index is 2.22. The molecule has 1 aromatic rings. The maximum atomic E-state index is 12.0. The summed E-state index contributed by atoms with van der Waals surface area (Å²) < 4.78 is 10.4. The molecule has 1 unspecified atom stereocenters. The Kier molecular flexibility index (Phi) is 4.45. The minimum atomic E-state index is -0.453. The van der Waals surface area contributed by atoms with Crippen molar-refractivity contribution in [2.24, 2.45) is 4.99 Å². The van der Waals surface area contributed by atoms with Crippen molar-refractivity contribution in [3.05, 3.63) is 23.8 Å². The molecule has 6 nitrogen and oxygen atoms in total. The minimum absolute atomic E-state index is 0.118. The minimum Gasteiger partial charge on any atom is -0.493 e. The van der Waals surface area contributed by atoms with Crippen molar-refractivity contribution < 1.29 is 14.3 Å². The van der Waals surface area contributed by atoms with Gasteiger partial charge >= 0.3 is 0 Å². The van der Waals surface area contributed by atoms with E-state index in [9.17, 15) is 4.79 Å². The Morgan fingerprint density at radius 3 is 2.65 bits per heavy atom. The molecular weight excluding hydrogens is 258 g/mol. The van der Waals surface area contributed by atoms with Gasteiger partial charge in [-0.05, 0) is 24.1 Å². The summed E-state index contributed by atoms with van der Waals surface area (Å²) in [6.07, 6.45) is 0.933. The number of carbonyl (C=O) groups excluding carboxylic acids is 1. The van der Waals surface area contributed by atoms with E-state index in [1.807, 2.05) is 13.0 Å². The summed E-state index contributed by atoms with van der Waals surface area (Å²) in [6, 6.07) is 4.95. The number of aliphatic imine (C=N–C) groups is 1. The molecule has 1 atom stereocenters. The predicted molar refractivity (Wildman–Crippen MR) is 76.2 cm³/mol. The van der Waals surface area contributed by atoms with E-state index in [2.05, 4.69) is 15.6 Å². The Bertz CT molecular complexity index is 528. The summed E-state index contributed by atoms with van der Waals surface area (Å²) in [4.78, 5) is 16.2. The van der Waals surface area contributed by atoms with Gasteiger partial charge in [0.1, 0.15) is 6.04 Å². The fourth-order valence-electron chi connectivity index (χ4n) is 2.00. The van der Waals surface area contributed by atoms with Gasteiger partial charge in [-0.15, -0.1) is 0 Å². The van der Waals surface area contributed by atoms with Crippen LogP contribution in [0.4, 0.5) is 0 Å². The van der Waals surface area contributed by atoms with Gasteiger partial charge in [0.25, 0.3) is 5.91 Å². The van der Waals surface area contributed by atoms with Crippen LogP contribution in [0.5, 0.6) is 11.5 Å².